The van der Waals surface area contributed by atoms with E-state index in [4.69, 9.17) is 9.47 Å². The molecule has 0 aliphatic rings. The molecule has 1 unspecified atom stereocenters. The van der Waals surface area contributed by atoms with E-state index >= 15 is 0 Å². The number of rotatable bonds is 7. The zero-order valence-corrected chi connectivity index (χ0v) is 17.3. The first kappa shape index (κ1) is 21.2. The van der Waals surface area contributed by atoms with Gasteiger partial charge in [0.25, 0.3) is 0 Å². The van der Waals surface area contributed by atoms with Crippen molar-refractivity contribution in [1.82, 2.24) is 4.98 Å². The first-order valence-corrected chi connectivity index (χ1v) is 9.18. The summed E-state index contributed by atoms with van der Waals surface area (Å²) >= 11 is 0. The Morgan fingerprint density at radius 2 is 2.04 bits per heavy atom. The van der Waals surface area contributed by atoms with Gasteiger partial charge < -0.3 is 9.47 Å². The normalized spacial score (nSPS) is 11.3. The van der Waals surface area contributed by atoms with Crippen LogP contribution in [0.4, 0.5) is 0 Å². The lowest BCUT2D eigenvalue weighted by Gasteiger charge is -2.26. The molecule has 1 heterocycles. The zero-order valence-electron chi connectivity index (χ0n) is 17.3. The molecule has 0 amide bonds. The number of pyridine rings is 1. The predicted molar refractivity (Wildman–Crippen MR) is 109 cm³/mol. The fourth-order valence-corrected chi connectivity index (χ4v) is 3.26. The number of benzene rings is 1. The largest absolute Gasteiger partial charge is 0.496 e. The monoisotopic (exact) mass is 378 g/mol. The van der Waals surface area contributed by atoms with Crippen molar-refractivity contribution in [2.45, 2.75) is 40.5 Å². The number of carbonyl (C=O) groups is 1. The summed E-state index contributed by atoms with van der Waals surface area (Å²) in [4.78, 5) is 16.6. The number of hydrogen-bond donors (Lipinski definition) is 0. The van der Waals surface area contributed by atoms with Gasteiger partial charge in [0, 0.05) is 28.8 Å². The lowest BCUT2D eigenvalue weighted by atomic mass is 9.80. The number of nitriles is 1. The highest BCUT2D eigenvalue weighted by Crippen LogP contribution is 2.43. The highest BCUT2D eigenvalue weighted by molar-refractivity contribution is 5.80. The summed E-state index contributed by atoms with van der Waals surface area (Å²) < 4.78 is 11.4. The molecule has 0 N–H and O–H groups in total. The lowest BCUT2D eigenvalue weighted by Crippen LogP contribution is -2.14. The van der Waals surface area contributed by atoms with Gasteiger partial charge in [0.05, 0.1) is 25.3 Å². The standard InChI is InChI=1S/C23H26N2O3/c1-7-28-23-21(16(5)15(4)12-25-23)22(19(13-26)14(2)3)18-9-8-17(11-24)10-20(18)27-6/h8-10,12-13,22H,7H2,1-6H3. The molecular weight excluding hydrogens is 352 g/mol. The van der Waals surface area contributed by atoms with Gasteiger partial charge >= 0.3 is 0 Å². The second kappa shape index (κ2) is 9.18. The molecule has 2 rings (SSSR count). The number of allylic oxidation sites excluding steroid dienone is 2. The Kier molecular flexibility index (Phi) is 6.94. The third-order valence-electron chi connectivity index (χ3n) is 4.86. The Labute approximate surface area is 166 Å². The van der Waals surface area contributed by atoms with Crippen LogP contribution < -0.4 is 9.47 Å². The van der Waals surface area contributed by atoms with Crippen LogP contribution in [0.5, 0.6) is 11.6 Å². The van der Waals surface area contributed by atoms with Crippen molar-refractivity contribution in [2.75, 3.05) is 13.7 Å². The van der Waals surface area contributed by atoms with E-state index in [0.29, 0.717) is 29.4 Å². The van der Waals surface area contributed by atoms with Crippen LogP contribution >= 0.6 is 0 Å². The molecule has 0 aliphatic heterocycles. The molecule has 28 heavy (non-hydrogen) atoms. The first-order chi connectivity index (χ1) is 13.4. The maximum absolute atomic E-state index is 12.1. The third-order valence-corrected chi connectivity index (χ3v) is 4.86. The van der Waals surface area contributed by atoms with Crippen LogP contribution in [0.25, 0.3) is 0 Å². The quantitative estimate of drug-likeness (QED) is 0.518. The van der Waals surface area contributed by atoms with Gasteiger partial charge in [0.1, 0.15) is 12.0 Å². The van der Waals surface area contributed by atoms with Crippen molar-refractivity contribution >= 4 is 6.29 Å². The summed E-state index contributed by atoms with van der Waals surface area (Å²) in [6, 6.07) is 7.39. The maximum atomic E-state index is 12.1. The number of nitrogens with zero attached hydrogens (tertiary/aromatic N) is 2. The Morgan fingerprint density at radius 1 is 1.32 bits per heavy atom. The summed E-state index contributed by atoms with van der Waals surface area (Å²) in [6.07, 6.45) is 2.66. The summed E-state index contributed by atoms with van der Waals surface area (Å²) in [6.45, 7) is 10.2. The van der Waals surface area contributed by atoms with Crippen LogP contribution in [0.15, 0.2) is 35.5 Å². The fourth-order valence-electron chi connectivity index (χ4n) is 3.26. The Balaban J connectivity index is 2.92. The van der Waals surface area contributed by atoms with Crippen LogP contribution in [-0.4, -0.2) is 25.0 Å². The minimum absolute atomic E-state index is 0.417. The van der Waals surface area contributed by atoms with Crippen molar-refractivity contribution in [1.29, 1.82) is 5.26 Å². The molecule has 0 saturated heterocycles. The van der Waals surface area contributed by atoms with E-state index in [1.165, 1.54) is 0 Å². The zero-order chi connectivity index (χ0) is 20.8. The second-order valence-corrected chi connectivity index (χ2v) is 6.79. The molecule has 0 saturated carbocycles. The number of ether oxygens (including phenoxy) is 2. The van der Waals surface area contributed by atoms with Gasteiger partial charge in [0.15, 0.2) is 0 Å². The van der Waals surface area contributed by atoms with Gasteiger partial charge in [-0.2, -0.15) is 5.26 Å². The number of hydrogen-bond acceptors (Lipinski definition) is 5. The van der Waals surface area contributed by atoms with Gasteiger partial charge in [-0.05, 0) is 57.9 Å². The SMILES string of the molecule is CCOc1ncc(C)c(C)c1C(C(C=O)=C(C)C)c1ccc(C#N)cc1OC. The van der Waals surface area contributed by atoms with Crippen LogP contribution in [-0.2, 0) is 4.79 Å². The average molecular weight is 378 g/mol. The Morgan fingerprint density at radius 3 is 2.57 bits per heavy atom. The highest BCUT2D eigenvalue weighted by atomic mass is 16.5. The third kappa shape index (κ3) is 4.07. The Bertz CT molecular complexity index is 951. The molecule has 2 aromatic rings. The minimum atomic E-state index is -0.417. The molecule has 5 heteroatoms. The van der Waals surface area contributed by atoms with E-state index in [-0.39, 0.29) is 0 Å². The number of aromatic nitrogens is 1. The van der Waals surface area contributed by atoms with E-state index in [2.05, 4.69) is 11.1 Å². The topological polar surface area (TPSA) is 72.2 Å². The molecule has 0 spiro atoms. The summed E-state index contributed by atoms with van der Waals surface area (Å²) in [5, 5.41) is 9.24. The minimum Gasteiger partial charge on any atom is -0.496 e. The molecule has 0 aliphatic carbocycles. The molecule has 1 atom stereocenters. The molecule has 0 fully saturated rings. The van der Waals surface area contributed by atoms with Gasteiger partial charge in [-0.15, -0.1) is 0 Å². The van der Waals surface area contributed by atoms with Crippen molar-refractivity contribution in [3.63, 3.8) is 0 Å². The molecule has 0 bridgehead atoms. The van der Waals surface area contributed by atoms with Crippen LogP contribution in [0.2, 0.25) is 0 Å². The van der Waals surface area contributed by atoms with Gasteiger partial charge in [-0.1, -0.05) is 11.6 Å². The fraction of sp³-hybridized carbons (Fsp3) is 0.348. The lowest BCUT2D eigenvalue weighted by molar-refractivity contribution is -0.105. The van der Waals surface area contributed by atoms with E-state index < -0.39 is 5.92 Å². The maximum Gasteiger partial charge on any atom is 0.217 e. The van der Waals surface area contributed by atoms with Crippen LogP contribution in [0.1, 0.15) is 54.5 Å². The first-order valence-electron chi connectivity index (χ1n) is 9.18. The summed E-state index contributed by atoms with van der Waals surface area (Å²) in [5.41, 5.74) is 5.67. The van der Waals surface area contributed by atoms with E-state index in [9.17, 15) is 10.1 Å². The van der Waals surface area contributed by atoms with E-state index in [0.717, 1.165) is 34.1 Å². The highest BCUT2D eigenvalue weighted by Gasteiger charge is 2.29. The number of methoxy groups -OCH3 is 1. The predicted octanol–water partition coefficient (Wildman–Crippen LogP) is 4.64. The smallest absolute Gasteiger partial charge is 0.217 e. The van der Waals surface area contributed by atoms with E-state index in [1.54, 1.807) is 25.4 Å². The van der Waals surface area contributed by atoms with Crippen molar-refractivity contribution in [3.05, 3.63) is 63.4 Å². The van der Waals surface area contributed by atoms with Crippen molar-refractivity contribution in [2.24, 2.45) is 0 Å². The summed E-state index contributed by atoms with van der Waals surface area (Å²) in [7, 11) is 1.56. The van der Waals surface area contributed by atoms with Gasteiger partial charge in [0.2, 0.25) is 5.88 Å². The molecular formula is C23H26N2O3. The van der Waals surface area contributed by atoms with Gasteiger partial charge in [-0.25, -0.2) is 4.98 Å². The second-order valence-electron chi connectivity index (χ2n) is 6.79. The average Bonchev–Trinajstić information content (AvgIpc) is 2.69. The Hall–Kier alpha value is -3.13. The molecule has 5 nitrogen and oxygen atoms in total. The summed E-state index contributed by atoms with van der Waals surface area (Å²) in [5.74, 6) is 0.634. The van der Waals surface area contributed by atoms with Crippen LogP contribution in [0, 0.1) is 25.2 Å². The molecule has 146 valence electrons. The van der Waals surface area contributed by atoms with Crippen LogP contribution in [0.3, 0.4) is 0 Å². The number of aldehydes is 1. The molecule has 0 radical (unpaired) electrons. The van der Waals surface area contributed by atoms with Gasteiger partial charge in [-0.3, -0.25) is 4.79 Å². The number of aryl methyl sites for hydroxylation is 1. The molecule has 1 aromatic heterocycles. The number of carbonyl (C=O) groups excluding carboxylic acids is 1. The molecule has 1 aromatic carbocycles. The van der Waals surface area contributed by atoms with Crippen molar-refractivity contribution in [3.8, 4) is 17.7 Å². The van der Waals surface area contributed by atoms with E-state index in [1.807, 2.05) is 40.7 Å². The van der Waals surface area contributed by atoms with Crippen molar-refractivity contribution < 1.29 is 14.3 Å².